The second kappa shape index (κ2) is 3.39. The molecule has 0 radical (unpaired) electrons. The molecule has 6 nitrogen and oxygen atoms in total. The van der Waals surface area contributed by atoms with E-state index in [1.807, 2.05) is 0 Å². The first-order chi connectivity index (χ1) is 6.88. The van der Waals surface area contributed by atoms with Crippen LogP contribution in [-0.2, 0) is 19.1 Å². The Labute approximate surface area is 91.6 Å². The van der Waals surface area contributed by atoms with Crippen LogP contribution in [0, 0.1) is 0 Å². The standard InChI is InChI=1S/C7H10N2O4S2/c1-15(11,12)13-4-2-9-6(10)5(8)7(9)14-3-4/h2,5,7H,3,8H2,1H3/t5?,7-/m0/s1. The minimum atomic E-state index is -3.52. The summed E-state index contributed by atoms with van der Waals surface area (Å²) in [5, 5.41) is -0.0792. The summed E-state index contributed by atoms with van der Waals surface area (Å²) in [5.41, 5.74) is 5.55. The molecule has 1 amide bonds. The summed E-state index contributed by atoms with van der Waals surface area (Å²) >= 11 is 1.40. The van der Waals surface area contributed by atoms with Crippen LogP contribution in [0.3, 0.4) is 0 Å². The summed E-state index contributed by atoms with van der Waals surface area (Å²) in [4.78, 5) is 12.6. The second-order valence-corrected chi connectivity index (χ2v) is 6.04. The zero-order valence-corrected chi connectivity index (χ0v) is 9.55. The lowest BCUT2D eigenvalue weighted by atomic mass is 10.1. The summed E-state index contributed by atoms with van der Waals surface area (Å²) in [7, 11) is -3.52. The number of nitrogens with two attached hydrogens (primary N) is 1. The van der Waals surface area contributed by atoms with Gasteiger partial charge in [-0.15, -0.1) is 11.8 Å². The van der Waals surface area contributed by atoms with Crippen LogP contribution in [0.25, 0.3) is 0 Å². The van der Waals surface area contributed by atoms with E-state index in [1.54, 1.807) is 0 Å². The second-order valence-electron chi connectivity index (χ2n) is 3.36. The largest absolute Gasteiger partial charge is 0.385 e. The molecule has 2 rings (SSSR count). The first kappa shape index (κ1) is 10.8. The van der Waals surface area contributed by atoms with E-state index in [0.29, 0.717) is 5.75 Å². The first-order valence-electron chi connectivity index (χ1n) is 4.18. The maximum atomic E-state index is 11.2. The quantitative estimate of drug-likeness (QED) is 0.502. The molecule has 84 valence electrons. The van der Waals surface area contributed by atoms with Crippen LogP contribution in [0.5, 0.6) is 0 Å². The molecule has 15 heavy (non-hydrogen) atoms. The Bertz CT molecular complexity index is 430. The molecule has 0 saturated carbocycles. The molecule has 2 atom stereocenters. The fourth-order valence-corrected chi connectivity index (χ4v) is 3.11. The number of nitrogens with zero attached hydrogens (tertiary/aromatic N) is 1. The van der Waals surface area contributed by atoms with Gasteiger partial charge in [0, 0.05) is 6.20 Å². The zero-order chi connectivity index (χ0) is 11.2. The summed E-state index contributed by atoms with van der Waals surface area (Å²) in [6.45, 7) is 0. The topological polar surface area (TPSA) is 89.7 Å². The summed E-state index contributed by atoms with van der Waals surface area (Å²) in [6.07, 6.45) is 2.38. The Kier molecular flexibility index (Phi) is 2.44. The molecule has 8 heteroatoms. The minimum absolute atomic E-state index is 0.0792. The van der Waals surface area contributed by atoms with Crippen molar-refractivity contribution in [2.24, 2.45) is 5.73 Å². The van der Waals surface area contributed by atoms with Gasteiger partial charge in [-0.1, -0.05) is 0 Å². The molecule has 0 bridgehead atoms. The number of hydrogen-bond donors (Lipinski definition) is 1. The number of thioether (sulfide) groups is 1. The van der Waals surface area contributed by atoms with E-state index in [1.165, 1.54) is 22.9 Å². The highest BCUT2D eigenvalue weighted by Crippen LogP contribution is 2.35. The lowest BCUT2D eigenvalue weighted by molar-refractivity contribution is -0.140. The Morgan fingerprint density at radius 1 is 1.67 bits per heavy atom. The van der Waals surface area contributed by atoms with E-state index in [2.05, 4.69) is 0 Å². The normalized spacial score (nSPS) is 30.4. The highest BCUT2D eigenvalue weighted by molar-refractivity contribution is 8.00. The van der Waals surface area contributed by atoms with Crippen molar-refractivity contribution >= 4 is 27.8 Å². The van der Waals surface area contributed by atoms with Crippen LogP contribution in [0.2, 0.25) is 0 Å². The van der Waals surface area contributed by atoms with E-state index in [9.17, 15) is 13.2 Å². The number of amides is 1. The SMILES string of the molecule is CS(=O)(=O)OC1=CN2C(=O)C(N)[C@@H]2SC1. The third-order valence-corrected chi connectivity index (χ3v) is 3.89. The predicted octanol–water partition coefficient (Wildman–Crippen LogP) is -0.954. The van der Waals surface area contributed by atoms with E-state index in [-0.39, 0.29) is 17.0 Å². The van der Waals surface area contributed by atoms with Gasteiger partial charge in [-0.2, -0.15) is 8.42 Å². The van der Waals surface area contributed by atoms with Gasteiger partial charge in [0.15, 0.2) is 0 Å². The van der Waals surface area contributed by atoms with Gasteiger partial charge in [-0.05, 0) is 0 Å². The van der Waals surface area contributed by atoms with Crippen molar-refractivity contribution in [3.05, 3.63) is 12.0 Å². The van der Waals surface area contributed by atoms with E-state index < -0.39 is 16.2 Å². The zero-order valence-electron chi connectivity index (χ0n) is 7.91. The average Bonchev–Trinajstić information content (AvgIpc) is 2.14. The molecule has 1 fully saturated rings. The fourth-order valence-electron chi connectivity index (χ4n) is 1.43. The van der Waals surface area contributed by atoms with Crippen LogP contribution < -0.4 is 5.73 Å². The number of fused-ring (bicyclic) bond motifs is 1. The molecule has 0 aromatic carbocycles. The number of β-lactam (4-membered cyclic amide) rings is 1. The lowest BCUT2D eigenvalue weighted by Crippen LogP contribution is -2.66. The van der Waals surface area contributed by atoms with E-state index in [4.69, 9.17) is 9.92 Å². The minimum Gasteiger partial charge on any atom is -0.385 e. The molecule has 1 unspecified atom stereocenters. The Hall–Kier alpha value is -0.730. The van der Waals surface area contributed by atoms with Crippen LogP contribution in [0.15, 0.2) is 12.0 Å². The molecule has 0 aromatic rings. The van der Waals surface area contributed by atoms with Crippen molar-refractivity contribution < 1.29 is 17.4 Å². The number of carbonyl (C=O) groups excluding carboxylic acids is 1. The Morgan fingerprint density at radius 2 is 2.33 bits per heavy atom. The van der Waals surface area contributed by atoms with Gasteiger partial charge >= 0.3 is 10.1 Å². The molecule has 0 spiro atoms. The molecule has 1 saturated heterocycles. The number of carbonyl (C=O) groups is 1. The van der Waals surface area contributed by atoms with Crippen molar-refractivity contribution in [1.29, 1.82) is 0 Å². The molecule has 0 aliphatic carbocycles. The molecule has 2 heterocycles. The van der Waals surface area contributed by atoms with Gasteiger partial charge in [0.05, 0.1) is 12.0 Å². The fraction of sp³-hybridized carbons (Fsp3) is 0.571. The third-order valence-electron chi connectivity index (χ3n) is 2.06. The van der Waals surface area contributed by atoms with Gasteiger partial charge in [0.1, 0.15) is 17.2 Å². The monoisotopic (exact) mass is 250 g/mol. The lowest BCUT2D eigenvalue weighted by Gasteiger charge is -2.45. The molecule has 0 aromatic heterocycles. The molecule has 2 aliphatic rings. The smallest absolute Gasteiger partial charge is 0.306 e. The summed E-state index contributed by atoms with van der Waals surface area (Å²) < 4.78 is 26.4. The predicted molar refractivity (Wildman–Crippen MR) is 55.1 cm³/mol. The van der Waals surface area contributed by atoms with Gasteiger partial charge in [0.25, 0.3) is 0 Å². The van der Waals surface area contributed by atoms with Crippen LogP contribution in [-0.4, -0.2) is 42.6 Å². The van der Waals surface area contributed by atoms with Gasteiger partial charge in [0.2, 0.25) is 5.91 Å². The Balaban J connectivity index is 2.12. The van der Waals surface area contributed by atoms with Crippen molar-refractivity contribution in [2.75, 3.05) is 12.0 Å². The highest BCUT2D eigenvalue weighted by atomic mass is 32.2. The van der Waals surface area contributed by atoms with Crippen LogP contribution >= 0.6 is 11.8 Å². The Morgan fingerprint density at radius 3 is 2.93 bits per heavy atom. The molecular weight excluding hydrogens is 240 g/mol. The summed E-state index contributed by atoms with van der Waals surface area (Å²) in [6, 6.07) is -0.481. The maximum Gasteiger partial charge on any atom is 0.306 e. The molecular formula is C7H10N2O4S2. The van der Waals surface area contributed by atoms with Crippen LogP contribution in [0.1, 0.15) is 0 Å². The highest BCUT2D eigenvalue weighted by Gasteiger charge is 2.46. The van der Waals surface area contributed by atoms with Gasteiger partial charge in [-0.25, -0.2) is 0 Å². The summed E-state index contributed by atoms with van der Waals surface area (Å²) in [5.74, 6) is 0.468. The number of rotatable bonds is 2. The van der Waals surface area contributed by atoms with E-state index in [0.717, 1.165) is 6.26 Å². The van der Waals surface area contributed by atoms with Crippen LogP contribution in [0.4, 0.5) is 0 Å². The molecule has 2 aliphatic heterocycles. The van der Waals surface area contributed by atoms with Crippen molar-refractivity contribution in [1.82, 2.24) is 4.90 Å². The molecule has 2 N–H and O–H groups in total. The van der Waals surface area contributed by atoms with E-state index >= 15 is 0 Å². The van der Waals surface area contributed by atoms with Gasteiger partial charge in [-0.3, -0.25) is 9.69 Å². The van der Waals surface area contributed by atoms with Crippen molar-refractivity contribution in [3.8, 4) is 0 Å². The van der Waals surface area contributed by atoms with Crippen molar-refractivity contribution in [3.63, 3.8) is 0 Å². The van der Waals surface area contributed by atoms with Gasteiger partial charge < -0.3 is 9.92 Å². The number of hydrogen-bond acceptors (Lipinski definition) is 6. The van der Waals surface area contributed by atoms with Crippen molar-refractivity contribution in [2.45, 2.75) is 11.4 Å². The maximum absolute atomic E-state index is 11.2. The third kappa shape index (κ3) is 1.97. The first-order valence-corrected chi connectivity index (χ1v) is 7.04. The average molecular weight is 250 g/mol.